The minimum Gasteiger partial charge on any atom is -0.246 e. The Bertz CT molecular complexity index is 324. The maximum absolute atomic E-state index is 15.4. The third-order valence-electron chi connectivity index (χ3n) is 7.91. The average Bonchev–Trinajstić information content (AvgIpc) is 2.60. The van der Waals surface area contributed by atoms with E-state index in [1.165, 1.54) is 96.3 Å². The molecule has 0 unspecified atom stereocenters. The van der Waals surface area contributed by atoms with E-state index in [1.54, 1.807) is 0 Å². The zero-order chi connectivity index (χ0) is 16.3. The van der Waals surface area contributed by atoms with Crippen molar-refractivity contribution in [3.8, 4) is 0 Å². The Morgan fingerprint density at radius 3 is 1.43 bits per heavy atom. The minimum absolute atomic E-state index is 0.124. The molecule has 0 amide bonds. The molecule has 0 bridgehead atoms. The summed E-state index contributed by atoms with van der Waals surface area (Å²) in [6.45, 7) is 4.57. The van der Waals surface area contributed by atoms with Gasteiger partial charge in [-0.25, -0.2) is 4.39 Å². The SMILES string of the molecule is CCCCC1CCC2(CC1)CC1(CCC(CCCC)CC1)C2F. The lowest BCUT2D eigenvalue weighted by atomic mass is 9.42. The molecular formula is C22H39F. The zero-order valence-electron chi connectivity index (χ0n) is 15.7. The minimum atomic E-state index is -0.464. The molecule has 0 aliphatic heterocycles. The first-order chi connectivity index (χ1) is 11.1. The molecule has 0 aromatic carbocycles. The molecule has 0 aromatic heterocycles. The number of hydrogen-bond donors (Lipinski definition) is 0. The number of rotatable bonds is 6. The van der Waals surface area contributed by atoms with Crippen molar-refractivity contribution in [3.63, 3.8) is 0 Å². The first kappa shape index (κ1) is 17.7. The van der Waals surface area contributed by atoms with E-state index in [0.717, 1.165) is 11.8 Å². The van der Waals surface area contributed by atoms with E-state index >= 15 is 4.39 Å². The van der Waals surface area contributed by atoms with Crippen LogP contribution in [0.5, 0.6) is 0 Å². The van der Waals surface area contributed by atoms with Crippen molar-refractivity contribution in [1.29, 1.82) is 0 Å². The Hall–Kier alpha value is -0.0700. The van der Waals surface area contributed by atoms with Gasteiger partial charge in [-0.3, -0.25) is 0 Å². The van der Waals surface area contributed by atoms with Gasteiger partial charge in [-0.05, 0) is 69.6 Å². The van der Waals surface area contributed by atoms with Crippen molar-refractivity contribution in [2.24, 2.45) is 22.7 Å². The second kappa shape index (κ2) is 7.44. The Morgan fingerprint density at radius 2 is 1.13 bits per heavy atom. The summed E-state index contributed by atoms with van der Waals surface area (Å²) in [7, 11) is 0. The van der Waals surface area contributed by atoms with Crippen LogP contribution in [0.15, 0.2) is 0 Å². The van der Waals surface area contributed by atoms with Crippen LogP contribution in [0.1, 0.15) is 110 Å². The molecule has 0 N–H and O–H groups in total. The Morgan fingerprint density at radius 1 is 0.739 bits per heavy atom. The van der Waals surface area contributed by atoms with Crippen LogP contribution >= 0.6 is 0 Å². The summed E-state index contributed by atoms with van der Waals surface area (Å²) < 4.78 is 15.4. The van der Waals surface area contributed by atoms with Crippen molar-refractivity contribution in [2.45, 2.75) is 116 Å². The lowest BCUT2D eigenvalue weighted by Crippen LogP contribution is -2.60. The van der Waals surface area contributed by atoms with Crippen molar-refractivity contribution < 1.29 is 4.39 Å². The number of alkyl halides is 1. The van der Waals surface area contributed by atoms with Crippen molar-refractivity contribution in [1.82, 2.24) is 0 Å². The van der Waals surface area contributed by atoms with Crippen LogP contribution in [0, 0.1) is 22.7 Å². The molecule has 1 heteroatoms. The fourth-order valence-electron chi connectivity index (χ4n) is 6.33. The molecule has 0 nitrogen and oxygen atoms in total. The van der Waals surface area contributed by atoms with Gasteiger partial charge < -0.3 is 0 Å². The highest BCUT2D eigenvalue weighted by atomic mass is 19.1. The van der Waals surface area contributed by atoms with E-state index in [9.17, 15) is 0 Å². The molecule has 3 fully saturated rings. The van der Waals surface area contributed by atoms with E-state index in [0.29, 0.717) is 0 Å². The highest BCUT2D eigenvalue weighted by molar-refractivity contribution is 5.13. The van der Waals surface area contributed by atoms with E-state index in [2.05, 4.69) is 13.8 Å². The Balaban J connectivity index is 1.46. The Kier molecular flexibility index (Phi) is 5.74. The normalized spacial score (nSPS) is 43.7. The molecule has 0 aromatic rings. The molecule has 134 valence electrons. The quantitative estimate of drug-likeness (QED) is 0.476. The van der Waals surface area contributed by atoms with Gasteiger partial charge in [0.15, 0.2) is 0 Å². The number of halogens is 1. The smallest absolute Gasteiger partial charge is 0.111 e. The molecule has 0 radical (unpaired) electrons. The summed E-state index contributed by atoms with van der Waals surface area (Å²) in [5.74, 6) is 1.82. The summed E-state index contributed by atoms with van der Waals surface area (Å²) in [5.41, 5.74) is 0.248. The molecule has 3 rings (SSSR count). The van der Waals surface area contributed by atoms with Gasteiger partial charge in [-0.2, -0.15) is 0 Å². The molecule has 3 aliphatic carbocycles. The van der Waals surface area contributed by atoms with Gasteiger partial charge in [-0.15, -0.1) is 0 Å². The monoisotopic (exact) mass is 322 g/mol. The maximum atomic E-state index is 15.4. The molecule has 23 heavy (non-hydrogen) atoms. The summed E-state index contributed by atoms with van der Waals surface area (Å²) in [5, 5.41) is 0. The second-order valence-corrected chi connectivity index (χ2v) is 9.44. The van der Waals surface area contributed by atoms with Crippen molar-refractivity contribution in [2.75, 3.05) is 0 Å². The Labute approximate surface area is 144 Å². The topological polar surface area (TPSA) is 0 Å². The van der Waals surface area contributed by atoms with E-state index in [1.807, 2.05) is 0 Å². The molecule has 2 spiro atoms. The van der Waals surface area contributed by atoms with Crippen LogP contribution in [0.25, 0.3) is 0 Å². The molecule has 0 heterocycles. The molecule has 0 saturated heterocycles. The van der Waals surface area contributed by atoms with Crippen LogP contribution in [0.3, 0.4) is 0 Å². The van der Waals surface area contributed by atoms with E-state index < -0.39 is 6.17 Å². The highest BCUT2D eigenvalue weighted by Crippen LogP contribution is 2.68. The number of hydrogen-bond acceptors (Lipinski definition) is 0. The first-order valence-corrected chi connectivity index (χ1v) is 10.8. The molecule has 3 saturated carbocycles. The van der Waals surface area contributed by atoms with Gasteiger partial charge >= 0.3 is 0 Å². The summed E-state index contributed by atoms with van der Waals surface area (Å²) in [6.07, 6.45) is 19.0. The predicted molar refractivity (Wildman–Crippen MR) is 97.3 cm³/mol. The van der Waals surface area contributed by atoms with E-state index in [4.69, 9.17) is 0 Å². The number of unbranched alkanes of at least 4 members (excludes halogenated alkanes) is 2. The first-order valence-electron chi connectivity index (χ1n) is 10.8. The largest absolute Gasteiger partial charge is 0.246 e. The van der Waals surface area contributed by atoms with Gasteiger partial charge in [0.05, 0.1) is 0 Å². The van der Waals surface area contributed by atoms with Gasteiger partial charge in [0.1, 0.15) is 6.17 Å². The lowest BCUT2D eigenvalue weighted by molar-refractivity contribution is -0.184. The van der Waals surface area contributed by atoms with Gasteiger partial charge in [0, 0.05) is 10.8 Å². The summed E-state index contributed by atoms with van der Waals surface area (Å²) in [6, 6.07) is 0. The van der Waals surface area contributed by atoms with Crippen LogP contribution < -0.4 is 0 Å². The average molecular weight is 323 g/mol. The fourth-order valence-corrected chi connectivity index (χ4v) is 6.33. The van der Waals surface area contributed by atoms with E-state index in [-0.39, 0.29) is 10.8 Å². The lowest BCUT2D eigenvalue weighted by Gasteiger charge is -2.63. The third-order valence-corrected chi connectivity index (χ3v) is 7.91. The second-order valence-electron chi connectivity index (χ2n) is 9.44. The van der Waals surface area contributed by atoms with Gasteiger partial charge in [0.25, 0.3) is 0 Å². The summed E-state index contributed by atoms with van der Waals surface area (Å²) in [4.78, 5) is 0. The fraction of sp³-hybridized carbons (Fsp3) is 1.00. The van der Waals surface area contributed by atoms with Gasteiger partial charge in [-0.1, -0.05) is 52.4 Å². The molecule has 3 aliphatic rings. The highest BCUT2D eigenvalue weighted by Gasteiger charge is 2.64. The van der Waals surface area contributed by atoms with Crippen molar-refractivity contribution >= 4 is 0 Å². The standard InChI is InChI=1S/C22H39F/c1-3-5-7-18-9-13-21(14-10-18)17-22(20(21)23)15-11-19(12-16-22)8-6-4-2/h18-20H,3-17H2,1-2H3. The van der Waals surface area contributed by atoms with Crippen LogP contribution in [-0.4, -0.2) is 6.17 Å². The van der Waals surface area contributed by atoms with Crippen LogP contribution in [0.2, 0.25) is 0 Å². The van der Waals surface area contributed by atoms with Crippen LogP contribution in [0.4, 0.5) is 4.39 Å². The molecular weight excluding hydrogens is 283 g/mol. The van der Waals surface area contributed by atoms with Crippen LogP contribution in [-0.2, 0) is 0 Å². The maximum Gasteiger partial charge on any atom is 0.111 e. The van der Waals surface area contributed by atoms with Crippen molar-refractivity contribution in [3.05, 3.63) is 0 Å². The third kappa shape index (κ3) is 3.49. The molecule has 0 atom stereocenters. The zero-order valence-corrected chi connectivity index (χ0v) is 15.7. The van der Waals surface area contributed by atoms with Gasteiger partial charge in [0.2, 0.25) is 0 Å². The summed E-state index contributed by atoms with van der Waals surface area (Å²) >= 11 is 0. The predicted octanol–water partition coefficient (Wildman–Crippen LogP) is 7.46.